The van der Waals surface area contributed by atoms with E-state index < -0.39 is 26.5 Å². The van der Waals surface area contributed by atoms with Crippen molar-refractivity contribution in [3.63, 3.8) is 0 Å². The highest BCUT2D eigenvalue weighted by Gasteiger charge is 2.26. The monoisotopic (exact) mass is 1440 g/mol. The molecule has 598 valence electrons. The summed E-state index contributed by atoms with van der Waals surface area (Å²) >= 11 is 0. The van der Waals surface area contributed by atoms with E-state index in [0.29, 0.717) is 6.42 Å². The van der Waals surface area contributed by atoms with Gasteiger partial charge in [-0.25, -0.2) is 4.57 Å². The van der Waals surface area contributed by atoms with E-state index in [9.17, 15) is 19.0 Å². The Morgan fingerprint density at radius 2 is 0.515 bits per heavy atom. The van der Waals surface area contributed by atoms with E-state index in [2.05, 4.69) is 50.3 Å². The molecule has 9 nitrogen and oxygen atoms in total. The number of rotatable bonds is 88. The smallest absolute Gasteiger partial charge is 0.462 e. The average Bonchev–Trinajstić information content (AvgIpc) is 1.04. The quantitative estimate of drug-likeness (QED) is 0.0264. The minimum absolute atomic E-state index is 0.0573. The number of ether oxygens (including phenoxy) is 2. The first-order chi connectivity index (χ1) is 49.8. The fourth-order valence-corrected chi connectivity index (χ4v) is 15.1. The van der Waals surface area contributed by atoms with Crippen molar-refractivity contribution >= 4 is 19.8 Å². The van der Waals surface area contributed by atoms with Crippen molar-refractivity contribution < 1.29 is 37.6 Å². The summed E-state index contributed by atoms with van der Waals surface area (Å²) in [6, 6.07) is 0. The maximum absolute atomic E-state index is 12.8. The lowest BCUT2D eigenvalue weighted by Gasteiger charge is -2.19. The van der Waals surface area contributed by atoms with Gasteiger partial charge in [-0.05, 0) is 51.4 Å². The third kappa shape index (κ3) is 87.0. The van der Waals surface area contributed by atoms with E-state index >= 15 is 0 Å². The lowest BCUT2D eigenvalue weighted by Crippen LogP contribution is -2.29. The van der Waals surface area contributed by atoms with Crippen molar-refractivity contribution in [2.75, 3.05) is 26.4 Å². The van der Waals surface area contributed by atoms with Crippen LogP contribution in [-0.2, 0) is 32.7 Å². The van der Waals surface area contributed by atoms with Crippen LogP contribution in [0.2, 0.25) is 0 Å². The second-order valence-electron chi connectivity index (χ2n) is 31.2. The first-order valence-corrected chi connectivity index (χ1v) is 47.0. The van der Waals surface area contributed by atoms with Crippen LogP contribution in [0.1, 0.15) is 502 Å². The molecule has 101 heavy (non-hydrogen) atoms. The molecule has 0 bridgehead atoms. The van der Waals surface area contributed by atoms with Crippen molar-refractivity contribution in [2.45, 2.75) is 508 Å². The number of nitrogens with two attached hydrogens (primary N) is 1. The first kappa shape index (κ1) is 99.2. The van der Waals surface area contributed by atoms with Crippen molar-refractivity contribution in [1.82, 2.24) is 0 Å². The highest BCUT2D eigenvalue weighted by atomic mass is 31.2. The summed E-state index contributed by atoms with van der Waals surface area (Å²) in [5.74, 6) is -0.796. The fraction of sp³-hybridized carbons (Fsp3) is 0.912. The maximum Gasteiger partial charge on any atom is 0.472 e. The van der Waals surface area contributed by atoms with Crippen molar-refractivity contribution in [2.24, 2.45) is 5.73 Å². The average molecular weight is 1440 g/mol. The Bertz CT molecular complexity index is 1750. The number of carbonyl (C=O) groups excluding carboxylic acids is 2. The van der Waals surface area contributed by atoms with Gasteiger partial charge in [-0.2, -0.15) is 0 Å². The number of hydrogen-bond donors (Lipinski definition) is 2. The normalized spacial score (nSPS) is 12.9. The molecule has 3 N–H and O–H groups in total. The Kier molecular flexibility index (Phi) is 85.6. The molecule has 0 aromatic rings. The Labute approximate surface area is 630 Å². The van der Waals surface area contributed by atoms with Gasteiger partial charge in [-0.3, -0.25) is 18.6 Å². The standard InChI is InChI=1S/C91H176NO8P/c1-3-5-7-9-11-13-15-17-19-21-23-25-27-29-31-33-35-37-39-41-43-44-46-48-50-52-54-56-58-60-62-64-66-68-70-72-74-76-78-80-82-84-91(94)100-89(88-99-101(95,96)98-86-85-92)87-97-90(93)83-81-79-77-75-73-71-69-67-65-63-61-59-57-55-53-51-49-47-45-42-40-38-36-34-32-30-28-26-24-22-20-18-16-14-12-10-8-6-4-2/h15,17,21,23,27,29,89H,3-14,16,18-20,22,24-26,28,30-88,92H2,1-2H3,(H,95,96)/b17-15-,23-21-,29-27-. The van der Waals surface area contributed by atoms with E-state index in [-0.39, 0.29) is 38.6 Å². The van der Waals surface area contributed by atoms with Crippen molar-refractivity contribution in [3.05, 3.63) is 36.5 Å². The minimum Gasteiger partial charge on any atom is -0.462 e. The van der Waals surface area contributed by atoms with Crippen LogP contribution in [0.25, 0.3) is 0 Å². The summed E-state index contributed by atoms with van der Waals surface area (Å²) < 4.78 is 33.4. The molecule has 0 rings (SSSR count). The molecule has 10 heteroatoms. The van der Waals surface area contributed by atoms with Gasteiger partial charge in [-0.1, -0.05) is 474 Å². The van der Waals surface area contributed by atoms with E-state index in [1.165, 1.54) is 424 Å². The van der Waals surface area contributed by atoms with Gasteiger partial charge in [0.2, 0.25) is 0 Å². The summed E-state index contributed by atoms with van der Waals surface area (Å²) in [6.07, 6.45) is 114. The molecular weight excluding hydrogens is 1270 g/mol. The van der Waals surface area contributed by atoms with Gasteiger partial charge in [0, 0.05) is 19.4 Å². The number of hydrogen-bond acceptors (Lipinski definition) is 8. The number of carbonyl (C=O) groups is 2. The summed E-state index contributed by atoms with van der Waals surface area (Å²) in [4.78, 5) is 35.5. The highest BCUT2D eigenvalue weighted by molar-refractivity contribution is 7.47. The molecule has 0 radical (unpaired) electrons. The molecular formula is C91H176NO8P. The fourth-order valence-electron chi connectivity index (χ4n) is 14.3. The predicted molar refractivity (Wildman–Crippen MR) is 441 cm³/mol. The van der Waals surface area contributed by atoms with E-state index in [1.807, 2.05) is 0 Å². The van der Waals surface area contributed by atoms with Crippen LogP contribution in [-0.4, -0.2) is 49.3 Å². The summed E-state index contributed by atoms with van der Waals surface area (Å²) in [5, 5.41) is 0. The van der Waals surface area contributed by atoms with Gasteiger partial charge in [0.1, 0.15) is 6.61 Å². The Balaban J connectivity index is 3.68. The van der Waals surface area contributed by atoms with Crippen LogP contribution < -0.4 is 5.73 Å². The van der Waals surface area contributed by atoms with Crippen LogP contribution in [0.15, 0.2) is 36.5 Å². The molecule has 0 amide bonds. The summed E-state index contributed by atoms with van der Waals surface area (Å²) in [5.41, 5.74) is 5.43. The third-order valence-electron chi connectivity index (χ3n) is 21.0. The summed E-state index contributed by atoms with van der Waals surface area (Å²) in [6.45, 7) is 3.83. The van der Waals surface area contributed by atoms with Gasteiger partial charge in [0.05, 0.1) is 13.2 Å². The van der Waals surface area contributed by atoms with Gasteiger partial charge in [0.25, 0.3) is 0 Å². The van der Waals surface area contributed by atoms with Crippen LogP contribution >= 0.6 is 7.82 Å². The van der Waals surface area contributed by atoms with Gasteiger partial charge >= 0.3 is 19.8 Å². The summed E-state index contributed by atoms with van der Waals surface area (Å²) in [7, 11) is -4.40. The van der Waals surface area contributed by atoms with Gasteiger partial charge in [-0.15, -0.1) is 0 Å². The Morgan fingerprint density at radius 3 is 0.762 bits per heavy atom. The number of allylic oxidation sites excluding steroid dienone is 6. The molecule has 0 heterocycles. The third-order valence-corrected chi connectivity index (χ3v) is 22.0. The SMILES string of the molecule is CCCCCCC/C=C\C/C=C\C/C=C\CCCCCCCCCCCCCCCCCCCCCCCCCCCCC(=O)OC(COC(=O)CCCCCCCCCCCCCCCCCCCCCCCCCCCCCCCCCCCCCCCCC)COP(=O)(O)OCCN. The molecule has 0 saturated carbocycles. The zero-order valence-electron chi connectivity index (χ0n) is 67.9. The van der Waals surface area contributed by atoms with Crippen LogP contribution in [0, 0.1) is 0 Å². The minimum atomic E-state index is -4.40. The molecule has 0 aliphatic carbocycles. The second-order valence-corrected chi connectivity index (χ2v) is 32.6. The van der Waals surface area contributed by atoms with Gasteiger partial charge in [0.15, 0.2) is 6.10 Å². The Hall–Kier alpha value is -1.77. The lowest BCUT2D eigenvalue weighted by molar-refractivity contribution is -0.161. The van der Waals surface area contributed by atoms with Crippen LogP contribution in [0.4, 0.5) is 0 Å². The topological polar surface area (TPSA) is 134 Å². The number of esters is 2. The first-order valence-electron chi connectivity index (χ1n) is 45.5. The number of unbranched alkanes of at least 4 members (excludes halogenated alkanes) is 69. The van der Waals surface area contributed by atoms with Gasteiger partial charge < -0.3 is 20.1 Å². The zero-order valence-corrected chi connectivity index (χ0v) is 68.8. The highest BCUT2D eigenvalue weighted by Crippen LogP contribution is 2.43. The van der Waals surface area contributed by atoms with E-state index in [1.54, 1.807) is 0 Å². The van der Waals surface area contributed by atoms with Crippen molar-refractivity contribution in [1.29, 1.82) is 0 Å². The van der Waals surface area contributed by atoms with Crippen LogP contribution in [0.5, 0.6) is 0 Å². The molecule has 0 saturated heterocycles. The Morgan fingerprint density at radius 1 is 0.297 bits per heavy atom. The largest absolute Gasteiger partial charge is 0.472 e. The van der Waals surface area contributed by atoms with E-state index in [4.69, 9.17) is 24.3 Å². The molecule has 0 aliphatic rings. The molecule has 0 spiro atoms. The lowest BCUT2D eigenvalue weighted by atomic mass is 10.0. The predicted octanol–water partition coefficient (Wildman–Crippen LogP) is 30.9. The molecule has 0 aromatic heterocycles. The zero-order chi connectivity index (χ0) is 72.9. The molecule has 2 atom stereocenters. The van der Waals surface area contributed by atoms with Crippen molar-refractivity contribution in [3.8, 4) is 0 Å². The van der Waals surface area contributed by atoms with E-state index in [0.717, 1.165) is 44.9 Å². The number of phosphoric acid groups is 1. The molecule has 0 aliphatic heterocycles. The van der Waals surface area contributed by atoms with Crippen LogP contribution in [0.3, 0.4) is 0 Å². The maximum atomic E-state index is 12.8. The second kappa shape index (κ2) is 87.1. The molecule has 0 fully saturated rings. The molecule has 0 aromatic carbocycles. The number of phosphoric ester groups is 1. The molecule has 2 unspecified atom stereocenters.